The quantitative estimate of drug-likeness (QED) is 0.659. The predicted molar refractivity (Wildman–Crippen MR) is 108 cm³/mol. The molecular weight excluding hydrogens is 366 g/mol. The zero-order valence-corrected chi connectivity index (χ0v) is 17.1. The number of hydrogen-bond donors (Lipinski definition) is 0. The molecule has 0 radical (unpaired) electrons. The van der Waals surface area contributed by atoms with Crippen LogP contribution in [0.3, 0.4) is 0 Å². The summed E-state index contributed by atoms with van der Waals surface area (Å²) in [4.78, 5) is 28.4. The van der Waals surface area contributed by atoms with E-state index in [1.165, 1.54) is 0 Å². The number of carbonyl (C=O) groups excluding carboxylic acids is 1. The third kappa shape index (κ3) is 3.90. The molecule has 1 aliphatic rings. The van der Waals surface area contributed by atoms with Crippen molar-refractivity contribution in [2.45, 2.75) is 52.5 Å². The summed E-state index contributed by atoms with van der Waals surface area (Å²) < 4.78 is 5.26. The third-order valence-electron chi connectivity index (χ3n) is 5.56. The van der Waals surface area contributed by atoms with Gasteiger partial charge in [0.2, 0.25) is 0 Å². The van der Waals surface area contributed by atoms with E-state index in [4.69, 9.17) is 9.51 Å². The molecule has 7 heteroatoms. The fourth-order valence-corrected chi connectivity index (χ4v) is 4.06. The van der Waals surface area contributed by atoms with E-state index >= 15 is 0 Å². The molecular formula is C22H25N5O2. The average Bonchev–Trinajstić information content (AvgIpc) is 3.32. The van der Waals surface area contributed by atoms with Gasteiger partial charge in [0.25, 0.3) is 5.91 Å². The van der Waals surface area contributed by atoms with Crippen molar-refractivity contribution in [3.05, 3.63) is 59.1 Å². The Morgan fingerprint density at radius 2 is 2.14 bits per heavy atom. The van der Waals surface area contributed by atoms with Crippen molar-refractivity contribution < 1.29 is 9.32 Å². The van der Waals surface area contributed by atoms with Crippen LogP contribution in [0.1, 0.15) is 52.5 Å². The van der Waals surface area contributed by atoms with E-state index in [-0.39, 0.29) is 11.9 Å². The summed E-state index contributed by atoms with van der Waals surface area (Å²) in [6.07, 6.45) is 8.87. The van der Waals surface area contributed by atoms with Gasteiger partial charge in [-0.05, 0) is 58.1 Å². The summed E-state index contributed by atoms with van der Waals surface area (Å²) in [5, 5.41) is 4.00. The van der Waals surface area contributed by atoms with Gasteiger partial charge in [-0.25, -0.2) is 4.98 Å². The van der Waals surface area contributed by atoms with Crippen LogP contribution < -0.4 is 0 Å². The Kier molecular flexibility index (Phi) is 5.38. The molecule has 0 aliphatic carbocycles. The molecule has 1 fully saturated rings. The smallest absolute Gasteiger partial charge is 0.272 e. The number of carbonyl (C=O) groups is 1. The van der Waals surface area contributed by atoms with Crippen molar-refractivity contribution in [1.82, 2.24) is 25.0 Å². The molecule has 1 aliphatic heterocycles. The van der Waals surface area contributed by atoms with Crippen LogP contribution in [0.2, 0.25) is 0 Å². The highest BCUT2D eigenvalue weighted by Crippen LogP contribution is 2.26. The Morgan fingerprint density at radius 1 is 1.28 bits per heavy atom. The van der Waals surface area contributed by atoms with E-state index < -0.39 is 0 Å². The lowest BCUT2D eigenvalue weighted by molar-refractivity contribution is 0.0723. The molecule has 3 aromatic heterocycles. The molecule has 0 aromatic carbocycles. The van der Waals surface area contributed by atoms with Gasteiger partial charge < -0.3 is 9.42 Å². The standard InChI is InChI=1S/C22H25N5O2/c1-14-6-4-10-24-21(14)22(28)27-11-5-7-18(27)9-8-17-12-23-13-19(25-17)20-15(2)26-29-16(20)3/h4,6,10,12-13,18H,5,7-9,11H2,1-3H3/t18-/m0/s1. The van der Waals surface area contributed by atoms with Crippen LogP contribution in [-0.4, -0.2) is 43.5 Å². The Morgan fingerprint density at radius 3 is 2.90 bits per heavy atom. The number of amides is 1. The summed E-state index contributed by atoms with van der Waals surface area (Å²) in [6, 6.07) is 3.99. The van der Waals surface area contributed by atoms with E-state index in [1.54, 1.807) is 18.6 Å². The maximum atomic E-state index is 13.0. The Labute approximate surface area is 170 Å². The fraction of sp³-hybridized carbons (Fsp3) is 0.409. The molecule has 4 heterocycles. The van der Waals surface area contributed by atoms with Crippen molar-refractivity contribution >= 4 is 5.91 Å². The van der Waals surface area contributed by atoms with Gasteiger partial charge >= 0.3 is 0 Å². The molecule has 0 bridgehead atoms. The molecule has 1 atom stereocenters. The van der Waals surface area contributed by atoms with Gasteiger partial charge in [0, 0.05) is 25.0 Å². The number of rotatable bonds is 5. The minimum atomic E-state index is 0.0288. The second-order valence-electron chi connectivity index (χ2n) is 7.60. The summed E-state index contributed by atoms with van der Waals surface area (Å²) >= 11 is 0. The van der Waals surface area contributed by atoms with Crippen LogP contribution >= 0.6 is 0 Å². The Balaban J connectivity index is 1.47. The molecule has 0 N–H and O–H groups in total. The SMILES string of the molecule is Cc1cccnc1C(=O)N1CCC[C@H]1CCc1cncc(-c2c(C)noc2C)n1. The molecule has 7 nitrogen and oxygen atoms in total. The summed E-state index contributed by atoms with van der Waals surface area (Å²) in [7, 11) is 0. The second kappa shape index (κ2) is 8.11. The molecule has 1 saturated heterocycles. The van der Waals surface area contributed by atoms with Gasteiger partial charge in [0.1, 0.15) is 11.5 Å². The largest absolute Gasteiger partial charge is 0.361 e. The third-order valence-corrected chi connectivity index (χ3v) is 5.56. The van der Waals surface area contributed by atoms with Crippen LogP contribution in [0.15, 0.2) is 35.2 Å². The van der Waals surface area contributed by atoms with Crippen LogP contribution in [0.25, 0.3) is 11.3 Å². The average molecular weight is 391 g/mol. The zero-order valence-electron chi connectivity index (χ0n) is 17.1. The van der Waals surface area contributed by atoms with Crippen molar-refractivity contribution in [1.29, 1.82) is 0 Å². The first-order chi connectivity index (χ1) is 14.0. The molecule has 0 saturated carbocycles. The van der Waals surface area contributed by atoms with E-state index in [2.05, 4.69) is 15.1 Å². The molecule has 0 unspecified atom stereocenters. The Hall–Kier alpha value is -3.09. The van der Waals surface area contributed by atoms with E-state index in [0.717, 1.165) is 66.2 Å². The van der Waals surface area contributed by atoms with Gasteiger partial charge in [-0.2, -0.15) is 0 Å². The van der Waals surface area contributed by atoms with E-state index in [0.29, 0.717) is 5.69 Å². The van der Waals surface area contributed by atoms with Gasteiger partial charge in [0.05, 0.1) is 28.8 Å². The van der Waals surface area contributed by atoms with Crippen LogP contribution in [0, 0.1) is 20.8 Å². The summed E-state index contributed by atoms with van der Waals surface area (Å²) in [5.74, 6) is 0.772. The van der Waals surface area contributed by atoms with Gasteiger partial charge in [-0.3, -0.25) is 14.8 Å². The molecule has 1 amide bonds. The monoisotopic (exact) mass is 391 g/mol. The van der Waals surface area contributed by atoms with E-state index in [9.17, 15) is 4.79 Å². The van der Waals surface area contributed by atoms with Crippen LogP contribution in [0.5, 0.6) is 0 Å². The molecule has 0 spiro atoms. The summed E-state index contributed by atoms with van der Waals surface area (Å²) in [5.41, 5.74) is 4.88. The van der Waals surface area contributed by atoms with Gasteiger partial charge in [0.15, 0.2) is 0 Å². The lowest BCUT2D eigenvalue weighted by Gasteiger charge is -2.25. The number of pyridine rings is 1. The first-order valence-corrected chi connectivity index (χ1v) is 10.0. The minimum absolute atomic E-state index is 0.0288. The Bertz CT molecular complexity index is 1010. The predicted octanol–water partition coefficient (Wildman–Crippen LogP) is 3.69. The highest BCUT2D eigenvalue weighted by Gasteiger charge is 2.30. The lowest BCUT2D eigenvalue weighted by atomic mass is 10.1. The van der Waals surface area contributed by atoms with Crippen LogP contribution in [0.4, 0.5) is 0 Å². The number of nitrogens with zero attached hydrogens (tertiary/aromatic N) is 5. The van der Waals surface area contributed by atoms with Gasteiger partial charge in [-0.1, -0.05) is 11.2 Å². The van der Waals surface area contributed by atoms with Crippen molar-refractivity contribution in [3.8, 4) is 11.3 Å². The fourth-order valence-electron chi connectivity index (χ4n) is 4.06. The second-order valence-corrected chi connectivity index (χ2v) is 7.60. The number of likely N-dealkylation sites (tertiary alicyclic amines) is 1. The maximum Gasteiger partial charge on any atom is 0.272 e. The normalized spacial score (nSPS) is 16.4. The topological polar surface area (TPSA) is 85.0 Å². The zero-order chi connectivity index (χ0) is 20.4. The first kappa shape index (κ1) is 19.2. The summed E-state index contributed by atoms with van der Waals surface area (Å²) in [6.45, 7) is 6.50. The highest BCUT2D eigenvalue weighted by atomic mass is 16.5. The van der Waals surface area contributed by atoms with Gasteiger partial charge in [-0.15, -0.1) is 0 Å². The number of aryl methyl sites for hydroxylation is 4. The molecule has 4 rings (SSSR count). The lowest BCUT2D eigenvalue weighted by Crippen LogP contribution is -2.36. The van der Waals surface area contributed by atoms with Crippen molar-refractivity contribution in [2.24, 2.45) is 0 Å². The van der Waals surface area contributed by atoms with Crippen molar-refractivity contribution in [3.63, 3.8) is 0 Å². The molecule has 150 valence electrons. The number of hydrogen-bond acceptors (Lipinski definition) is 6. The highest BCUT2D eigenvalue weighted by molar-refractivity contribution is 5.94. The maximum absolute atomic E-state index is 13.0. The number of aromatic nitrogens is 4. The van der Waals surface area contributed by atoms with Crippen molar-refractivity contribution in [2.75, 3.05) is 6.54 Å². The van der Waals surface area contributed by atoms with Crippen LogP contribution in [-0.2, 0) is 6.42 Å². The molecule has 3 aromatic rings. The van der Waals surface area contributed by atoms with E-state index in [1.807, 2.05) is 37.8 Å². The minimum Gasteiger partial charge on any atom is -0.361 e. The first-order valence-electron chi connectivity index (χ1n) is 10.0. The molecule has 29 heavy (non-hydrogen) atoms.